The molecule has 6 rings (SSSR count). The predicted molar refractivity (Wildman–Crippen MR) is 230 cm³/mol. The smallest absolute Gasteiger partial charge is 0.362 e. The molecule has 1 aliphatic heterocycles. The molecule has 61 heavy (non-hydrogen) atoms. The molecule has 2 aliphatic carbocycles. The predicted octanol–water partition coefficient (Wildman–Crippen LogP) is 6.41. The van der Waals surface area contributed by atoms with Crippen LogP contribution in [-0.4, -0.2) is 95.1 Å². The molecule has 1 aromatic carbocycles. The highest BCUT2D eigenvalue weighted by Gasteiger charge is 2.61. The van der Waals surface area contributed by atoms with Crippen LogP contribution in [0.3, 0.4) is 0 Å². The van der Waals surface area contributed by atoms with Gasteiger partial charge < -0.3 is 24.4 Å². The Bertz CT molecular complexity index is 2310. The molecule has 1 saturated heterocycles. The van der Waals surface area contributed by atoms with Gasteiger partial charge in [-0.1, -0.05) is 38.2 Å². The monoisotopic (exact) mass is 882 g/mol. The molecule has 0 unspecified atom stereocenters. The van der Waals surface area contributed by atoms with Crippen LogP contribution >= 0.6 is 11.3 Å². The molecule has 3 aromatic rings. The van der Waals surface area contributed by atoms with Crippen molar-refractivity contribution in [3.8, 4) is 22.2 Å². The quantitative estimate of drug-likeness (QED) is 0.111. The van der Waals surface area contributed by atoms with Gasteiger partial charge in [0.2, 0.25) is 16.9 Å². The summed E-state index contributed by atoms with van der Waals surface area (Å²) in [6.07, 6.45) is 1.47. The van der Waals surface area contributed by atoms with Gasteiger partial charge in [-0.05, 0) is 84.3 Å². The number of ketones is 1. The van der Waals surface area contributed by atoms with Crippen LogP contribution in [0.25, 0.3) is 21.6 Å². The van der Waals surface area contributed by atoms with Gasteiger partial charge in [-0.25, -0.2) is 13.9 Å². The third kappa shape index (κ3) is 10.9. The minimum absolute atomic E-state index is 0.0302. The van der Waals surface area contributed by atoms with E-state index in [0.717, 1.165) is 0 Å². The molecule has 0 bridgehead atoms. The van der Waals surface area contributed by atoms with Gasteiger partial charge >= 0.3 is 16.3 Å². The lowest BCUT2D eigenvalue weighted by molar-refractivity contribution is -0.161. The van der Waals surface area contributed by atoms with Crippen molar-refractivity contribution < 1.29 is 46.0 Å². The number of benzene rings is 1. The van der Waals surface area contributed by atoms with Crippen molar-refractivity contribution in [2.45, 2.75) is 130 Å². The molecule has 0 spiro atoms. The first-order chi connectivity index (χ1) is 28.3. The molecule has 332 valence electrons. The highest BCUT2D eigenvalue weighted by atomic mass is 32.2. The first kappa shape index (κ1) is 45.8. The Morgan fingerprint density at radius 1 is 1.08 bits per heavy atom. The van der Waals surface area contributed by atoms with E-state index in [-0.39, 0.29) is 38.3 Å². The summed E-state index contributed by atoms with van der Waals surface area (Å²) in [7, 11) is -2.92. The minimum atomic E-state index is -4.47. The number of likely N-dealkylation sites (tertiary alicyclic amines) is 1. The van der Waals surface area contributed by atoms with Crippen molar-refractivity contribution in [2.24, 2.45) is 22.7 Å². The van der Waals surface area contributed by atoms with E-state index < -0.39 is 79.9 Å². The van der Waals surface area contributed by atoms with Crippen molar-refractivity contribution in [1.29, 1.82) is 0 Å². The fourth-order valence-corrected chi connectivity index (χ4v) is 9.66. The Labute approximate surface area is 361 Å². The summed E-state index contributed by atoms with van der Waals surface area (Å²) in [5, 5.41) is 13.7. The van der Waals surface area contributed by atoms with E-state index in [9.17, 15) is 27.6 Å². The molecule has 2 saturated carbocycles. The lowest BCUT2D eigenvalue weighted by Gasteiger charge is -2.35. The first-order valence-corrected chi connectivity index (χ1v) is 22.8. The molecule has 3 heterocycles. The van der Waals surface area contributed by atoms with Gasteiger partial charge in [0.25, 0.3) is 0 Å². The highest BCUT2D eigenvalue weighted by Crippen LogP contribution is 2.57. The van der Waals surface area contributed by atoms with Crippen LogP contribution in [0.5, 0.6) is 11.5 Å². The zero-order valence-electron chi connectivity index (χ0n) is 36.6. The van der Waals surface area contributed by atoms with Gasteiger partial charge in [-0.15, -0.1) is 16.8 Å². The number of pyridine rings is 1. The number of Topliss-reactive ketones (excluding diaryl/α,β-unsaturated/α-hetero) is 1. The Morgan fingerprint density at radius 3 is 2.38 bits per heavy atom. The molecular formula is C43H58N6O10S2. The van der Waals surface area contributed by atoms with E-state index in [4.69, 9.17) is 23.4 Å². The number of aromatic nitrogens is 3. The lowest BCUT2D eigenvalue weighted by atomic mass is 9.77. The van der Waals surface area contributed by atoms with Crippen molar-refractivity contribution in [1.82, 2.24) is 24.8 Å². The summed E-state index contributed by atoms with van der Waals surface area (Å²) in [6.45, 7) is 20.2. The molecular weight excluding hydrogens is 825 g/mol. The maximum Gasteiger partial charge on any atom is 0.362 e. The van der Waals surface area contributed by atoms with E-state index >= 15 is 0 Å². The number of ether oxygens (including phenoxy) is 3. The highest BCUT2D eigenvalue weighted by molar-refractivity contribution is 7.85. The van der Waals surface area contributed by atoms with Crippen LogP contribution < -0.4 is 19.5 Å². The third-order valence-electron chi connectivity index (χ3n) is 11.2. The minimum Gasteiger partial charge on any atom is -0.497 e. The van der Waals surface area contributed by atoms with Crippen molar-refractivity contribution in [2.75, 3.05) is 19.0 Å². The molecule has 5 atom stereocenters. The number of fused-ring (bicyclic) bond motifs is 1. The first-order valence-electron chi connectivity index (χ1n) is 20.6. The summed E-state index contributed by atoms with van der Waals surface area (Å²) in [6, 6.07) is 6.15. The van der Waals surface area contributed by atoms with Gasteiger partial charge in [0.05, 0.1) is 48.6 Å². The van der Waals surface area contributed by atoms with E-state index in [1.54, 1.807) is 53.0 Å². The number of allylic oxidation sites excluding steroid dienone is 1. The van der Waals surface area contributed by atoms with Gasteiger partial charge in [0, 0.05) is 36.4 Å². The number of nitrogens with zero attached hydrogens (tertiary/aromatic N) is 4. The maximum absolute atomic E-state index is 14.8. The number of amides is 2. The van der Waals surface area contributed by atoms with Gasteiger partial charge in [-0.3, -0.25) is 19.2 Å². The third-order valence-corrected chi connectivity index (χ3v) is 13.2. The standard InChI is InChI=1S/C43H58N6O10S2/c1-12-25-21-43(25,38(53)48-61(54,55)59-42(10)15-16-42)22-33(50)32-18-27(23-49(32)37(52)29(40(4,5)6)19-35(51)58-41(7,8)9)57-34-20-31(36-46-47-39(60-36)44-24(2)3)45-30-17-26(56-11)13-14-28(30)34/h12-14,17,20,24-25,27,29,32H,1,15-16,18-19,21-23H2,2-11H3,(H,44,47)(H,48,53)/t25-,27-,29-,32+,43-/m1/s1. The summed E-state index contributed by atoms with van der Waals surface area (Å²) in [5.74, 6) is -2.74. The fraction of sp³-hybridized carbons (Fsp3) is 0.605. The van der Waals surface area contributed by atoms with Crippen LogP contribution in [0, 0.1) is 22.7 Å². The molecule has 0 radical (unpaired) electrons. The molecule has 2 N–H and O–H groups in total. The molecule has 2 amide bonds. The Hall–Kier alpha value is -4.68. The number of methoxy groups -OCH3 is 1. The normalized spacial score (nSPS) is 22.7. The SMILES string of the molecule is C=C[C@@H]1C[C@]1(CC(=O)[C@@H]1C[C@@H](Oc2cc(-c3nnc(NC(C)C)s3)nc3cc(OC)ccc23)CN1C(=O)[C@@H](CC(=O)OC(C)(C)C)C(C)(C)C)C(=O)NS(=O)(=O)OC1(C)CC1. The zero-order valence-corrected chi connectivity index (χ0v) is 38.3. The summed E-state index contributed by atoms with van der Waals surface area (Å²) in [5.41, 5.74) is -2.79. The second-order valence-electron chi connectivity index (χ2n) is 19.1. The van der Waals surface area contributed by atoms with Gasteiger partial charge in [0.15, 0.2) is 10.8 Å². The maximum atomic E-state index is 14.8. The van der Waals surface area contributed by atoms with Crippen molar-refractivity contribution >= 4 is 61.2 Å². The number of carbonyl (C=O) groups excluding carboxylic acids is 4. The second-order valence-corrected chi connectivity index (χ2v) is 21.3. The average Bonchev–Trinajstić information content (AvgIpc) is 3.91. The Balaban J connectivity index is 1.34. The van der Waals surface area contributed by atoms with E-state index in [2.05, 4.69) is 26.8 Å². The lowest BCUT2D eigenvalue weighted by Crippen LogP contribution is -2.49. The number of hydrogen-bond donors (Lipinski definition) is 2. The van der Waals surface area contributed by atoms with Crippen molar-refractivity contribution in [3.05, 3.63) is 36.9 Å². The fourth-order valence-electron chi connectivity index (χ4n) is 7.64. The summed E-state index contributed by atoms with van der Waals surface area (Å²) < 4.78 is 51.0. The summed E-state index contributed by atoms with van der Waals surface area (Å²) in [4.78, 5) is 62.9. The number of rotatable bonds is 17. The topological polar surface area (TPSA) is 205 Å². The number of esters is 1. The second kappa shape index (κ2) is 16.9. The van der Waals surface area contributed by atoms with E-state index in [1.165, 1.54) is 22.3 Å². The molecule has 18 heteroatoms. The number of hydrogen-bond acceptors (Lipinski definition) is 15. The molecule has 3 aliphatic rings. The average molecular weight is 883 g/mol. The number of anilines is 1. The van der Waals surface area contributed by atoms with Crippen LogP contribution in [0.15, 0.2) is 36.9 Å². The van der Waals surface area contributed by atoms with Crippen molar-refractivity contribution in [3.63, 3.8) is 0 Å². The van der Waals surface area contributed by atoms with Gasteiger partial charge in [-0.2, -0.15) is 8.42 Å². The Kier molecular flexibility index (Phi) is 12.7. The van der Waals surface area contributed by atoms with E-state index in [1.807, 2.05) is 40.7 Å². The van der Waals surface area contributed by atoms with Gasteiger partial charge in [0.1, 0.15) is 28.9 Å². The molecule has 16 nitrogen and oxygen atoms in total. The van der Waals surface area contributed by atoms with Crippen LogP contribution in [0.4, 0.5) is 5.13 Å². The summed E-state index contributed by atoms with van der Waals surface area (Å²) >= 11 is 1.33. The zero-order chi connectivity index (χ0) is 44.9. The molecule has 3 fully saturated rings. The number of carbonyl (C=O) groups is 4. The number of nitrogens with one attached hydrogen (secondary N) is 2. The van der Waals surface area contributed by atoms with Crippen LogP contribution in [0.1, 0.15) is 101 Å². The van der Waals surface area contributed by atoms with Crippen LogP contribution in [0.2, 0.25) is 0 Å². The largest absolute Gasteiger partial charge is 0.497 e. The molecule has 2 aromatic heterocycles. The van der Waals surface area contributed by atoms with E-state index in [0.29, 0.717) is 51.1 Å². The van der Waals surface area contributed by atoms with Crippen LogP contribution in [-0.2, 0) is 38.4 Å². The Morgan fingerprint density at radius 2 is 1.79 bits per heavy atom.